The van der Waals surface area contributed by atoms with Gasteiger partial charge in [0, 0.05) is 17.1 Å². The molecule has 75 heavy (non-hydrogen) atoms. The molecule has 4 aliphatic rings. The molecule has 0 saturated carbocycles. The molecule has 0 bridgehead atoms. The number of rotatable bonds is 6. The van der Waals surface area contributed by atoms with E-state index in [2.05, 4.69) is 290 Å². The summed E-state index contributed by atoms with van der Waals surface area (Å²) < 4.78 is 0. The van der Waals surface area contributed by atoms with E-state index in [4.69, 9.17) is 0 Å². The second-order valence-electron chi connectivity index (χ2n) is 20.6. The van der Waals surface area contributed by atoms with Gasteiger partial charge in [-0.1, -0.05) is 243 Å². The summed E-state index contributed by atoms with van der Waals surface area (Å²) in [4.78, 5) is 2.56. The van der Waals surface area contributed by atoms with Crippen LogP contribution >= 0.6 is 0 Å². The molecule has 1 nitrogen and oxygen atoms in total. The molecule has 0 heterocycles. The summed E-state index contributed by atoms with van der Waals surface area (Å²) in [7, 11) is 0. The molecule has 4 aliphatic carbocycles. The van der Waals surface area contributed by atoms with Crippen LogP contribution in [0.4, 0.5) is 17.1 Å². The fourth-order valence-electron chi connectivity index (χ4n) is 14.2. The fourth-order valence-corrected chi connectivity index (χ4v) is 14.2. The molecule has 1 heteroatoms. The van der Waals surface area contributed by atoms with Crippen molar-refractivity contribution in [2.75, 3.05) is 4.90 Å². The average molecular weight is 950 g/mol. The number of anilines is 3. The van der Waals surface area contributed by atoms with Gasteiger partial charge >= 0.3 is 0 Å². The first-order valence-corrected chi connectivity index (χ1v) is 26.2. The van der Waals surface area contributed by atoms with E-state index in [1.165, 1.54) is 111 Å². The molecule has 2 spiro atoms. The van der Waals surface area contributed by atoms with Crippen LogP contribution in [-0.2, 0) is 10.8 Å². The minimum absolute atomic E-state index is 0.503. The van der Waals surface area contributed by atoms with E-state index in [1.807, 2.05) is 0 Å². The summed E-state index contributed by atoms with van der Waals surface area (Å²) in [5.41, 5.74) is 30.3. The number of fused-ring (bicyclic) bond motifs is 20. The van der Waals surface area contributed by atoms with Crippen molar-refractivity contribution in [3.05, 3.63) is 330 Å². The third-order valence-electron chi connectivity index (χ3n) is 17.1. The monoisotopic (exact) mass is 949 g/mol. The average Bonchev–Trinajstić information content (AvgIpc) is 4.18. The molecule has 0 fully saturated rings. The van der Waals surface area contributed by atoms with Crippen molar-refractivity contribution in [1.29, 1.82) is 0 Å². The van der Waals surface area contributed by atoms with Gasteiger partial charge in [0.05, 0.1) is 10.8 Å². The summed E-state index contributed by atoms with van der Waals surface area (Å²) in [5, 5.41) is 0. The molecule has 12 aromatic rings. The maximum absolute atomic E-state index is 2.56. The van der Waals surface area contributed by atoms with Crippen molar-refractivity contribution in [3.63, 3.8) is 0 Å². The molecule has 0 atom stereocenters. The van der Waals surface area contributed by atoms with Crippen LogP contribution in [0.15, 0.2) is 285 Å². The quantitative estimate of drug-likeness (QED) is 0.161. The normalized spacial score (nSPS) is 13.8. The van der Waals surface area contributed by atoms with Gasteiger partial charge in [-0.05, 0) is 165 Å². The topological polar surface area (TPSA) is 3.24 Å². The van der Waals surface area contributed by atoms with E-state index < -0.39 is 10.8 Å². The van der Waals surface area contributed by atoms with Crippen LogP contribution in [0.5, 0.6) is 0 Å². The van der Waals surface area contributed by atoms with Gasteiger partial charge in [0.1, 0.15) is 0 Å². The molecule has 0 unspecified atom stereocenters. The van der Waals surface area contributed by atoms with Gasteiger partial charge in [-0.3, -0.25) is 0 Å². The molecule has 0 aromatic heterocycles. The Kier molecular flexibility index (Phi) is 8.94. The molecular weight excluding hydrogens is 903 g/mol. The maximum Gasteiger partial charge on any atom is 0.0726 e. The number of nitrogens with zero attached hydrogens (tertiary/aromatic N) is 1. The van der Waals surface area contributed by atoms with Gasteiger partial charge < -0.3 is 4.90 Å². The first kappa shape index (κ1) is 42.0. The third kappa shape index (κ3) is 5.73. The molecule has 0 amide bonds. The Morgan fingerprint density at radius 2 is 0.520 bits per heavy atom. The highest BCUT2D eigenvalue weighted by molar-refractivity contribution is 6.02. The van der Waals surface area contributed by atoms with Gasteiger partial charge in [0.15, 0.2) is 0 Å². The first-order chi connectivity index (χ1) is 37.2. The zero-order valence-corrected chi connectivity index (χ0v) is 41.1. The Labute approximate surface area is 438 Å². The zero-order chi connectivity index (χ0) is 49.2. The van der Waals surface area contributed by atoms with Crippen LogP contribution in [0.25, 0.3) is 77.9 Å². The minimum Gasteiger partial charge on any atom is -0.310 e. The molecule has 0 N–H and O–H groups in total. The molecule has 16 rings (SSSR count). The lowest BCUT2D eigenvalue weighted by atomic mass is 9.70. The number of hydrogen-bond donors (Lipinski definition) is 0. The van der Waals surface area contributed by atoms with Crippen LogP contribution in [0.2, 0.25) is 0 Å². The van der Waals surface area contributed by atoms with Gasteiger partial charge in [0.2, 0.25) is 0 Å². The standard InChI is InChI=1S/C74H47N/c1-4-21-48(22-5-1)51-43-52(49-23-6-2-7-24-49)45-55(44-51)75(53-39-41-62-61-31-14-17-35-66(61)73(70(62)46-53)64-33-15-10-27-57(64)58-28-11-16-34-65(58)73)54-40-42-63-71(47-54)74(67-36-18-12-29-59(67)60-30-13-19-37-68(60)74)69-38-20-32-56(72(63)69)50-25-8-3-9-26-50/h1-47H. The summed E-state index contributed by atoms with van der Waals surface area (Å²) in [6.07, 6.45) is 0. The first-order valence-electron chi connectivity index (χ1n) is 26.2. The lowest BCUT2D eigenvalue weighted by Crippen LogP contribution is -2.26. The lowest BCUT2D eigenvalue weighted by Gasteiger charge is -2.34. The Bertz CT molecular complexity index is 4130. The van der Waals surface area contributed by atoms with Crippen LogP contribution in [0.1, 0.15) is 44.5 Å². The predicted molar refractivity (Wildman–Crippen MR) is 310 cm³/mol. The summed E-state index contributed by atoms with van der Waals surface area (Å²) >= 11 is 0. The maximum atomic E-state index is 2.56. The summed E-state index contributed by atoms with van der Waals surface area (Å²) in [5.74, 6) is 0. The van der Waals surface area contributed by atoms with Crippen LogP contribution in [0.3, 0.4) is 0 Å². The van der Waals surface area contributed by atoms with E-state index in [1.54, 1.807) is 0 Å². The van der Waals surface area contributed by atoms with Crippen LogP contribution < -0.4 is 4.90 Å². The van der Waals surface area contributed by atoms with E-state index in [0.717, 1.165) is 28.2 Å². The number of benzene rings is 12. The van der Waals surface area contributed by atoms with Gasteiger partial charge in [-0.2, -0.15) is 0 Å². The van der Waals surface area contributed by atoms with Crippen molar-refractivity contribution < 1.29 is 0 Å². The highest BCUT2D eigenvalue weighted by atomic mass is 15.1. The van der Waals surface area contributed by atoms with Crippen LogP contribution in [0, 0.1) is 0 Å². The molecule has 0 aliphatic heterocycles. The van der Waals surface area contributed by atoms with Gasteiger partial charge in [-0.15, -0.1) is 0 Å². The van der Waals surface area contributed by atoms with Crippen LogP contribution in [-0.4, -0.2) is 0 Å². The zero-order valence-electron chi connectivity index (χ0n) is 41.1. The van der Waals surface area contributed by atoms with Crippen molar-refractivity contribution in [2.24, 2.45) is 0 Å². The second kappa shape index (κ2) is 16.0. The minimum atomic E-state index is -0.563. The van der Waals surface area contributed by atoms with Crippen molar-refractivity contribution >= 4 is 17.1 Å². The van der Waals surface area contributed by atoms with E-state index in [9.17, 15) is 0 Å². The van der Waals surface area contributed by atoms with Gasteiger partial charge in [0.25, 0.3) is 0 Å². The second-order valence-corrected chi connectivity index (χ2v) is 20.6. The van der Waals surface area contributed by atoms with E-state index in [0.29, 0.717) is 0 Å². The smallest absolute Gasteiger partial charge is 0.0726 e. The molecule has 0 radical (unpaired) electrons. The molecule has 12 aromatic carbocycles. The molecular formula is C74H47N. The number of hydrogen-bond acceptors (Lipinski definition) is 1. The molecule has 348 valence electrons. The van der Waals surface area contributed by atoms with Gasteiger partial charge in [-0.25, -0.2) is 0 Å². The van der Waals surface area contributed by atoms with Crippen molar-refractivity contribution in [1.82, 2.24) is 0 Å². The van der Waals surface area contributed by atoms with E-state index in [-0.39, 0.29) is 0 Å². The largest absolute Gasteiger partial charge is 0.310 e. The molecule has 0 saturated heterocycles. The Morgan fingerprint density at radius 3 is 0.973 bits per heavy atom. The highest BCUT2D eigenvalue weighted by Crippen LogP contribution is 2.66. The van der Waals surface area contributed by atoms with Crippen molar-refractivity contribution in [3.8, 4) is 77.9 Å². The SMILES string of the molecule is c1ccc(-c2cc(-c3ccccc3)cc(N(c3ccc4c(c3)C3(c5ccccc5-c5ccccc53)c3ccccc3-4)c3ccc4c(c3)C3(c5ccccc5-c5ccccc53)c3cccc(-c5ccccc5)c3-4)c2)cc1. The Hall–Kier alpha value is -9.56. The summed E-state index contributed by atoms with van der Waals surface area (Å²) in [6.45, 7) is 0. The third-order valence-corrected chi connectivity index (χ3v) is 17.1. The fraction of sp³-hybridized carbons (Fsp3) is 0.0270. The Balaban J connectivity index is 1.01. The van der Waals surface area contributed by atoms with E-state index >= 15 is 0 Å². The Morgan fingerprint density at radius 1 is 0.187 bits per heavy atom. The lowest BCUT2D eigenvalue weighted by molar-refractivity contribution is 0.792. The predicted octanol–water partition coefficient (Wildman–Crippen LogP) is 18.8. The highest BCUT2D eigenvalue weighted by Gasteiger charge is 2.54. The summed E-state index contributed by atoms with van der Waals surface area (Å²) in [6, 6.07) is 107. The van der Waals surface area contributed by atoms with Crippen molar-refractivity contribution in [2.45, 2.75) is 10.8 Å².